The van der Waals surface area contributed by atoms with Gasteiger partial charge in [-0.1, -0.05) is 154 Å². The van der Waals surface area contributed by atoms with Gasteiger partial charge in [-0.15, -0.1) is 53.6 Å². The molecular weight excluding hydrogens is 1010 g/mol. The molecule has 0 spiro atoms. The summed E-state index contributed by atoms with van der Waals surface area (Å²) in [6.07, 6.45) is 1.91. The van der Waals surface area contributed by atoms with E-state index in [9.17, 15) is 0 Å². The maximum atomic E-state index is 6.88. The third kappa shape index (κ3) is 8.78. The second-order valence-electron chi connectivity index (χ2n) is 20.7. The molecule has 5 nitrogen and oxygen atoms in total. The first-order valence-corrected chi connectivity index (χ1v) is 23.7. The predicted octanol–water partition coefficient (Wildman–Crippen LogP) is 17.2. The molecular formula is C62H59N4OPt-3. The molecule has 0 unspecified atom stereocenters. The van der Waals surface area contributed by atoms with E-state index in [1.807, 2.05) is 12.3 Å². The van der Waals surface area contributed by atoms with Gasteiger partial charge in [-0.05, 0) is 116 Å². The Morgan fingerprint density at radius 2 is 1.19 bits per heavy atom. The Morgan fingerprint density at radius 3 is 1.88 bits per heavy atom. The third-order valence-electron chi connectivity index (χ3n) is 13.2. The zero-order chi connectivity index (χ0) is 46.8. The Labute approximate surface area is 417 Å². The van der Waals surface area contributed by atoms with E-state index in [2.05, 4.69) is 248 Å². The molecule has 0 saturated heterocycles. The summed E-state index contributed by atoms with van der Waals surface area (Å²) in [7, 11) is 0. The van der Waals surface area contributed by atoms with Gasteiger partial charge in [-0.2, -0.15) is 6.07 Å². The molecule has 0 radical (unpaired) electrons. The largest absolute Gasteiger partial charge is 0.509 e. The second-order valence-corrected chi connectivity index (χ2v) is 20.7. The number of fused-ring (bicyclic) bond motifs is 4. The van der Waals surface area contributed by atoms with Crippen LogP contribution >= 0.6 is 0 Å². The Balaban J connectivity index is 0.00000578. The monoisotopic (exact) mass is 1070 g/mol. The van der Waals surface area contributed by atoms with Crippen LogP contribution in [0.2, 0.25) is 0 Å². The molecule has 0 aliphatic carbocycles. The van der Waals surface area contributed by atoms with Gasteiger partial charge in [0, 0.05) is 61.3 Å². The first-order chi connectivity index (χ1) is 32.1. The Kier molecular flexibility index (Phi) is 12.5. The molecule has 0 N–H and O–H groups in total. The normalized spacial score (nSPS) is 12.9. The van der Waals surface area contributed by atoms with Crippen LogP contribution in [-0.4, -0.2) is 9.55 Å². The van der Waals surface area contributed by atoms with E-state index in [1.165, 1.54) is 38.9 Å². The van der Waals surface area contributed by atoms with Crippen molar-refractivity contribution in [2.45, 2.75) is 91.9 Å². The van der Waals surface area contributed by atoms with Crippen LogP contribution in [0, 0.1) is 18.8 Å². The predicted molar refractivity (Wildman–Crippen MR) is 281 cm³/mol. The van der Waals surface area contributed by atoms with E-state index in [-0.39, 0.29) is 31.9 Å². The number of aromatic nitrogens is 2. The van der Waals surface area contributed by atoms with Crippen LogP contribution in [0.1, 0.15) is 103 Å². The van der Waals surface area contributed by atoms with Crippen LogP contribution in [0.15, 0.2) is 158 Å². The van der Waals surface area contributed by atoms with E-state index < -0.39 is 0 Å². The van der Waals surface area contributed by atoms with Crippen molar-refractivity contribution in [3.8, 4) is 39.6 Å². The maximum Gasteiger partial charge on any atom is 0.135 e. The molecule has 2 aromatic heterocycles. The number of pyridine rings is 1. The molecule has 9 aromatic rings. The number of para-hydroxylation sites is 3. The van der Waals surface area contributed by atoms with Gasteiger partial charge in [0.05, 0.1) is 0 Å². The molecule has 1 aliphatic rings. The maximum absolute atomic E-state index is 6.88. The van der Waals surface area contributed by atoms with Crippen molar-refractivity contribution in [1.29, 1.82) is 0 Å². The van der Waals surface area contributed by atoms with Gasteiger partial charge < -0.3 is 19.1 Å². The topological polar surface area (TPSA) is 33.5 Å². The molecule has 0 atom stereocenters. The molecule has 10 rings (SSSR count). The third-order valence-corrected chi connectivity index (χ3v) is 13.2. The van der Waals surface area contributed by atoms with E-state index in [0.717, 1.165) is 55.9 Å². The van der Waals surface area contributed by atoms with Crippen LogP contribution in [0.25, 0.3) is 49.9 Å². The van der Waals surface area contributed by atoms with Crippen molar-refractivity contribution in [3.63, 3.8) is 0 Å². The molecule has 3 heterocycles. The number of hydrogen-bond acceptors (Lipinski definition) is 4. The summed E-state index contributed by atoms with van der Waals surface area (Å²) in [5.74, 6) is 2.81. The minimum absolute atomic E-state index is 0. The van der Waals surface area contributed by atoms with Gasteiger partial charge in [0.25, 0.3) is 0 Å². The number of anilines is 4. The van der Waals surface area contributed by atoms with Crippen LogP contribution < -0.4 is 14.5 Å². The van der Waals surface area contributed by atoms with Gasteiger partial charge in [0.2, 0.25) is 0 Å². The van der Waals surface area contributed by atoms with Crippen molar-refractivity contribution < 1.29 is 25.8 Å². The van der Waals surface area contributed by atoms with Gasteiger partial charge in [-0.25, -0.2) is 4.98 Å². The number of rotatable bonds is 9. The van der Waals surface area contributed by atoms with Crippen LogP contribution in [0.4, 0.5) is 22.7 Å². The fraction of sp³-hybridized carbons (Fsp3) is 0.226. The van der Waals surface area contributed by atoms with Crippen LogP contribution in [-0.2, 0) is 31.9 Å². The standard InChI is InChI=1S/C62H59N4O.Pt/c1-40(2)51-22-18-23-52(41(3)4)60(51)44-31-43(42-19-12-11-13-20-42)32-47(33-44)64-39-65(57-26-17-16-25-56(57)64)48-34-46(62(8,9)10)35-50(37-48)67-49-27-28-54-53-21-14-15-24-55(53)66(58(54)38-49)59-36-45(29-30-63-59)61(5,6)7;/h11-36,39-41H,1-10H3;/q-3;. The minimum atomic E-state index is -0.179. The molecule has 68 heavy (non-hydrogen) atoms. The van der Waals surface area contributed by atoms with E-state index in [4.69, 9.17) is 9.72 Å². The smallest absolute Gasteiger partial charge is 0.135 e. The van der Waals surface area contributed by atoms with Crippen molar-refractivity contribution >= 4 is 44.6 Å². The van der Waals surface area contributed by atoms with Gasteiger partial charge in [-0.3, -0.25) is 0 Å². The quantitative estimate of drug-likeness (QED) is 0.135. The molecule has 6 heteroatoms. The zero-order valence-corrected chi connectivity index (χ0v) is 43.0. The summed E-state index contributed by atoms with van der Waals surface area (Å²) >= 11 is 0. The number of benzene rings is 7. The van der Waals surface area contributed by atoms with E-state index >= 15 is 0 Å². The fourth-order valence-electron chi connectivity index (χ4n) is 9.53. The first-order valence-electron chi connectivity index (χ1n) is 23.7. The van der Waals surface area contributed by atoms with Crippen LogP contribution in [0.3, 0.4) is 0 Å². The van der Waals surface area contributed by atoms with Crippen molar-refractivity contribution in [2.75, 3.05) is 9.80 Å². The minimum Gasteiger partial charge on any atom is -0.509 e. The number of ether oxygens (including phenoxy) is 1. The second kappa shape index (κ2) is 18.2. The molecule has 346 valence electrons. The summed E-state index contributed by atoms with van der Waals surface area (Å²) in [6, 6.07) is 62.1. The first kappa shape index (κ1) is 46.7. The molecule has 7 aromatic carbocycles. The summed E-state index contributed by atoms with van der Waals surface area (Å²) in [5.41, 5.74) is 15.9. The Bertz CT molecular complexity index is 3270. The van der Waals surface area contributed by atoms with E-state index in [0.29, 0.717) is 23.3 Å². The van der Waals surface area contributed by atoms with Gasteiger partial charge in [0.15, 0.2) is 0 Å². The number of nitrogens with zero attached hydrogens (tertiary/aromatic N) is 4. The zero-order valence-electron chi connectivity index (χ0n) is 40.8. The number of hydrogen-bond donors (Lipinski definition) is 0. The average Bonchev–Trinajstić information content (AvgIpc) is 3.87. The summed E-state index contributed by atoms with van der Waals surface area (Å²) in [4.78, 5) is 9.48. The van der Waals surface area contributed by atoms with Gasteiger partial charge in [0.1, 0.15) is 5.82 Å². The van der Waals surface area contributed by atoms with Crippen molar-refractivity contribution in [1.82, 2.24) is 9.55 Å². The average molecular weight is 1070 g/mol. The molecule has 0 bridgehead atoms. The summed E-state index contributed by atoms with van der Waals surface area (Å²) in [6.45, 7) is 24.9. The van der Waals surface area contributed by atoms with Gasteiger partial charge >= 0.3 is 0 Å². The fourth-order valence-corrected chi connectivity index (χ4v) is 9.53. The Morgan fingerprint density at radius 1 is 0.544 bits per heavy atom. The molecule has 1 aliphatic heterocycles. The molecule has 0 fully saturated rings. The summed E-state index contributed by atoms with van der Waals surface area (Å²) < 4.78 is 9.09. The molecule has 0 saturated carbocycles. The van der Waals surface area contributed by atoms with Crippen molar-refractivity contribution in [2.24, 2.45) is 0 Å². The van der Waals surface area contributed by atoms with E-state index in [1.54, 1.807) is 0 Å². The Hall–Kier alpha value is -6.42. The van der Waals surface area contributed by atoms with Crippen molar-refractivity contribution in [3.05, 3.63) is 199 Å². The SMILES string of the molecule is CC(C)c1cccc(C(C)C)c1-c1cc(-c2ccccc2)cc(N2[CH-]N(c3[c-]c(Oc4[c-]c5c(cc4)c4ccccc4n5-c4cc(C(C)(C)C)ccn4)cc(C(C)(C)C)c3)c3ccccc32)c1.[Pt]. The van der Waals surface area contributed by atoms with Crippen LogP contribution in [0.5, 0.6) is 11.5 Å². The summed E-state index contributed by atoms with van der Waals surface area (Å²) in [5, 5.41) is 2.24. The molecule has 0 amide bonds.